The van der Waals surface area contributed by atoms with Gasteiger partial charge in [0.1, 0.15) is 0 Å². The van der Waals surface area contributed by atoms with E-state index in [9.17, 15) is 4.79 Å². The fourth-order valence-electron chi connectivity index (χ4n) is 1.34. The molecule has 0 fully saturated rings. The quantitative estimate of drug-likeness (QED) is 0.823. The zero-order valence-electron chi connectivity index (χ0n) is 10.7. The minimum Gasteiger partial charge on any atom is -0.338 e. The van der Waals surface area contributed by atoms with Crippen LogP contribution in [-0.4, -0.2) is 12.6 Å². The van der Waals surface area contributed by atoms with Crippen LogP contribution in [0.1, 0.15) is 25.0 Å². The van der Waals surface area contributed by atoms with Crippen molar-refractivity contribution < 1.29 is 4.79 Å². The van der Waals surface area contributed by atoms with Gasteiger partial charge in [0.15, 0.2) is 0 Å². The van der Waals surface area contributed by atoms with Gasteiger partial charge in [0.25, 0.3) is 0 Å². The Hall–Kier alpha value is -1.77. The van der Waals surface area contributed by atoms with E-state index in [0.29, 0.717) is 12.5 Å². The highest BCUT2D eigenvalue weighted by Crippen LogP contribution is 2.04. The molecule has 2 N–H and O–H groups in total. The number of carbonyl (C=O) groups is 1. The van der Waals surface area contributed by atoms with E-state index in [4.69, 9.17) is 0 Å². The molecule has 17 heavy (non-hydrogen) atoms. The lowest BCUT2D eigenvalue weighted by Crippen LogP contribution is -2.34. The minimum absolute atomic E-state index is 0.164. The molecule has 92 valence electrons. The topological polar surface area (TPSA) is 41.1 Å². The summed E-state index contributed by atoms with van der Waals surface area (Å²) in [6, 6.07) is 7.93. The molecule has 1 rings (SSSR count). The predicted molar refractivity (Wildman–Crippen MR) is 71.6 cm³/mol. The molecular formula is C14H20N2O. The Balaban J connectivity index is 2.37. The van der Waals surface area contributed by atoms with E-state index in [1.807, 2.05) is 31.2 Å². The van der Waals surface area contributed by atoms with Crippen LogP contribution in [0.3, 0.4) is 0 Å². The number of amides is 2. The second-order valence-electron chi connectivity index (χ2n) is 4.50. The van der Waals surface area contributed by atoms with E-state index >= 15 is 0 Å². The molecule has 0 heterocycles. The first-order valence-electron chi connectivity index (χ1n) is 5.85. The molecule has 1 aromatic rings. The van der Waals surface area contributed by atoms with E-state index in [1.165, 1.54) is 5.56 Å². The molecule has 0 spiro atoms. The fourth-order valence-corrected chi connectivity index (χ4v) is 1.34. The number of urea groups is 1. The van der Waals surface area contributed by atoms with Crippen LogP contribution < -0.4 is 10.6 Å². The fraction of sp³-hybridized carbons (Fsp3) is 0.357. The summed E-state index contributed by atoms with van der Waals surface area (Å²) in [7, 11) is 0. The van der Waals surface area contributed by atoms with Crippen molar-refractivity contribution in [3.05, 3.63) is 41.6 Å². The van der Waals surface area contributed by atoms with Gasteiger partial charge in [0.2, 0.25) is 0 Å². The van der Waals surface area contributed by atoms with Crippen molar-refractivity contribution in [2.75, 3.05) is 6.54 Å². The maximum Gasteiger partial charge on any atom is 0.318 e. The maximum atomic E-state index is 11.3. The summed E-state index contributed by atoms with van der Waals surface area (Å²) in [5.74, 6) is 0.460. The third-order valence-corrected chi connectivity index (χ3v) is 2.20. The van der Waals surface area contributed by atoms with Crippen LogP contribution in [0.4, 0.5) is 4.79 Å². The third kappa shape index (κ3) is 5.76. The lowest BCUT2D eigenvalue weighted by Gasteiger charge is -2.06. The highest BCUT2D eigenvalue weighted by atomic mass is 16.2. The summed E-state index contributed by atoms with van der Waals surface area (Å²) in [6.07, 6.45) is 3.53. The Morgan fingerprint density at radius 1 is 1.41 bits per heavy atom. The van der Waals surface area contributed by atoms with E-state index < -0.39 is 0 Å². The number of benzene rings is 1. The van der Waals surface area contributed by atoms with Crippen LogP contribution in [0, 0.1) is 12.8 Å². The molecule has 3 heteroatoms. The van der Waals surface area contributed by atoms with Gasteiger partial charge in [-0.15, -0.1) is 0 Å². The Labute approximate surface area is 103 Å². The van der Waals surface area contributed by atoms with Crippen LogP contribution in [0.5, 0.6) is 0 Å². The van der Waals surface area contributed by atoms with Crippen molar-refractivity contribution in [2.24, 2.45) is 5.92 Å². The van der Waals surface area contributed by atoms with Crippen LogP contribution in [0.25, 0.3) is 6.08 Å². The summed E-state index contributed by atoms with van der Waals surface area (Å²) in [5, 5.41) is 5.45. The first-order chi connectivity index (χ1) is 8.08. The second-order valence-corrected chi connectivity index (χ2v) is 4.50. The largest absolute Gasteiger partial charge is 0.338 e. The second kappa shape index (κ2) is 6.74. The van der Waals surface area contributed by atoms with Gasteiger partial charge in [-0.25, -0.2) is 4.79 Å². The molecule has 3 nitrogen and oxygen atoms in total. The Morgan fingerprint density at radius 3 is 2.82 bits per heavy atom. The summed E-state index contributed by atoms with van der Waals surface area (Å²) < 4.78 is 0. The number of rotatable bonds is 4. The van der Waals surface area contributed by atoms with Crippen LogP contribution >= 0.6 is 0 Å². The van der Waals surface area contributed by atoms with E-state index in [0.717, 1.165) is 5.56 Å². The highest BCUT2D eigenvalue weighted by Gasteiger charge is 1.97. The molecule has 0 radical (unpaired) electrons. The Bertz CT molecular complexity index is 397. The third-order valence-electron chi connectivity index (χ3n) is 2.20. The van der Waals surface area contributed by atoms with E-state index in [1.54, 1.807) is 6.20 Å². The lowest BCUT2D eigenvalue weighted by molar-refractivity contribution is 0.243. The van der Waals surface area contributed by atoms with Crippen molar-refractivity contribution in [3.63, 3.8) is 0 Å². The first kappa shape index (κ1) is 13.3. The van der Waals surface area contributed by atoms with Gasteiger partial charge in [-0.3, -0.25) is 0 Å². The molecule has 2 amide bonds. The molecule has 0 bridgehead atoms. The molecule has 0 aliphatic heterocycles. The number of hydrogen-bond donors (Lipinski definition) is 2. The van der Waals surface area contributed by atoms with Crippen LogP contribution in [0.15, 0.2) is 30.5 Å². The molecule has 0 aliphatic carbocycles. The minimum atomic E-state index is -0.164. The number of carbonyl (C=O) groups excluding carboxylic acids is 1. The van der Waals surface area contributed by atoms with Gasteiger partial charge in [-0.05, 0) is 24.5 Å². The molecule has 0 unspecified atom stereocenters. The van der Waals surface area contributed by atoms with Crippen molar-refractivity contribution in [1.82, 2.24) is 10.6 Å². The van der Waals surface area contributed by atoms with Crippen LogP contribution in [0.2, 0.25) is 0 Å². The zero-order chi connectivity index (χ0) is 12.7. The maximum absolute atomic E-state index is 11.3. The number of nitrogens with one attached hydrogen (secondary N) is 2. The molecule has 0 aliphatic rings. The summed E-state index contributed by atoms with van der Waals surface area (Å²) in [4.78, 5) is 11.3. The van der Waals surface area contributed by atoms with Crippen molar-refractivity contribution in [2.45, 2.75) is 20.8 Å². The van der Waals surface area contributed by atoms with Gasteiger partial charge < -0.3 is 10.6 Å². The normalized spacial score (nSPS) is 10.8. The average molecular weight is 232 g/mol. The SMILES string of the molecule is Cc1cccc(/C=C/NC(=O)NCC(C)C)c1. The standard InChI is InChI=1S/C14H20N2O/c1-11(2)10-16-14(17)15-8-7-13-6-4-5-12(3)9-13/h4-9,11H,10H2,1-3H3,(H2,15,16,17)/b8-7+. The monoisotopic (exact) mass is 232 g/mol. The van der Waals surface area contributed by atoms with Gasteiger partial charge >= 0.3 is 6.03 Å². The van der Waals surface area contributed by atoms with Gasteiger partial charge in [-0.2, -0.15) is 0 Å². The number of aryl methyl sites for hydroxylation is 1. The zero-order valence-corrected chi connectivity index (χ0v) is 10.7. The van der Waals surface area contributed by atoms with E-state index in [2.05, 4.69) is 30.5 Å². The van der Waals surface area contributed by atoms with Crippen molar-refractivity contribution >= 4 is 12.1 Å². The molecule has 0 saturated heterocycles. The summed E-state index contributed by atoms with van der Waals surface area (Å²) in [5.41, 5.74) is 2.28. The Kier molecular flexibility index (Phi) is 5.27. The molecule has 0 atom stereocenters. The van der Waals surface area contributed by atoms with E-state index in [-0.39, 0.29) is 6.03 Å². The summed E-state index contributed by atoms with van der Waals surface area (Å²) in [6.45, 7) is 6.84. The van der Waals surface area contributed by atoms with Crippen LogP contribution in [-0.2, 0) is 0 Å². The van der Waals surface area contributed by atoms with Crippen molar-refractivity contribution in [1.29, 1.82) is 0 Å². The Morgan fingerprint density at radius 2 is 2.18 bits per heavy atom. The smallest absolute Gasteiger partial charge is 0.318 e. The number of hydrogen-bond acceptors (Lipinski definition) is 1. The predicted octanol–water partition coefficient (Wildman–Crippen LogP) is 2.92. The van der Waals surface area contributed by atoms with Crippen molar-refractivity contribution in [3.8, 4) is 0 Å². The molecule has 1 aromatic carbocycles. The lowest BCUT2D eigenvalue weighted by atomic mass is 10.1. The molecular weight excluding hydrogens is 212 g/mol. The van der Waals surface area contributed by atoms with Gasteiger partial charge in [-0.1, -0.05) is 43.7 Å². The van der Waals surface area contributed by atoms with Gasteiger partial charge in [0, 0.05) is 12.7 Å². The molecule has 0 aromatic heterocycles. The highest BCUT2D eigenvalue weighted by molar-refractivity contribution is 5.75. The molecule has 0 saturated carbocycles. The van der Waals surface area contributed by atoms with Gasteiger partial charge in [0.05, 0.1) is 0 Å². The summed E-state index contributed by atoms with van der Waals surface area (Å²) >= 11 is 0. The average Bonchev–Trinajstić information content (AvgIpc) is 2.26. The first-order valence-corrected chi connectivity index (χ1v) is 5.85.